The Kier molecular flexibility index (Phi) is 6.35. The molecule has 1 nitrogen and oxygen atoms in total. The first-order valence-electron chi connectivity index (χ1n) is 5.53. The first-order valence-corrected chi connectivity index (χ1v) is 7.47. The van der Waals surface area contributed by atoms with E-state index in [-0.39, 0.29) is 16.7 Å². The number of halogens is 4. The van der Waals surface area contributed by atoms with Crippen molar-refractivity contribution in [3.05, 3.63) is 23.8 Å². The second-order valence-corrected chi connectivity index (χ2v) is 5.52. The number of thioether (sulfide) groups is 1. The summed E-state index contributed by atoms with van der Waals surface area (Å²) in [5.74, 6) is 0.497. The Labute approximate surface area is 117 Å². The lowest BCUT2D eigenvalue weighted by atomic mass is 10.1. The van der Waals surface area contributed by atoms with Gasteiger partial charge in [0.25, 0.3) is 0 Å². The maximum atomic E-state index is 12.4. The molecule has 0 heterocycles. The fourth-order valence-corrected chi connectivity index (χ4v) is 2.42. The van der Waals surface area contributed by atoms with E-state index in [0.29, 0.717) is 12.4 Å². The second kappa shape index (κ2) is 7.28. The van der Waals surface area contributed by atoms with Gasteiger partial charge in [-0.25, -0.2) is 0 Å². The van der Waals surface area contributed by atoms with Crippen molar-refractivity contribution in [1.82, 2.24) is 0 Å². The molecule has 0 spiro atoms. The van der Waals surface area contributed by atoms with Crippen LogP contribution in [0.4, 0.5) is 13.2 Å². The van der Waals surface area contributed by atoms with Crippen LogP contribution in [-0.4, -0.2) is 17.4 Å². The predicted molar refractivity (Wildman–Crippen MR) is 71.6 cm³/mol. The lowest BCUT2D eigenvalue weighted by Gasteiger charge is -2.11. The molecule has 0 saturated heterocycles. The van der Waals surface area contributed by atoms with Gasteiger partial charge in [-0.1, -0.05) is 15.9 Å². The van der Waals surface area contributed by atoms with Crippen LogP contribution in [0.1, 0.15) is 18.9 Å². The van der Waals surface area contributed by atoms with E-state index in [9.17, 15) is 13.2 Å². The molecular weight excluding hydrogens is 329 g/mol. The predicted octanol–water partition coefficient (Wildman–Crippen LogP) is 5.02. The van der Waals surface area contributed by atoms with Gasteiger partial charge in [0.05, 0.1) is 6.61 Å². The molecule has 0 saturated carbocycles. The second-order valence-electron chi connectivity index (χ2n) is 3.59. The molecule has 0 aliphatic rings. The van der Waals surface area contributed by atoms with Crippen LogP contribution < -0.4 is 4.74 Å². The lowest BCUT2D eigenvalue weighted by molar-refractivity contribution is -0.0328. The van der Waals surface area contributed by atoms with Gasteiger partial charge in [-0.15, -0.1) is 0 Å². The van der Waals surface area contributed by atoms with Crippen molar-refractivity contribution in [2.75, 3.05) is 11.9 Å². The van der Waals surface area contributed by atoms with Gasteiger partial charge in [0.15, 0.2) is 0 Å². The molecule has 0 aliphatic heterocycles. The summed E-state index contributed by atoms with van der Waals surface area (Å²) in [5.41, 5.74) is -3.40. The van der Waals surface area contributed by atoms with Crippen molar-refractivity contribution in [3.8, 4) is 5.75 Å². The minimum Gasteiger partial charge on any atom is -0.494 e. The minimum atomic E-state index is -4.27. The van der Waals surface area contributed by atoms with Crippen molar-refractivity contribution in [2.24, 2.45) is 0 Å². The molecular formula is C12H14BrF3OS. The molecule has 102 valence electrons. The topological polar surface area (TPSA) is 9.23 Å². The summed E-state index contributed by atoms with van der Waals surface area (Å²) < 4.78 is 42.4. The number of alkyl halides is 4. The van der Waals surface area contributed by atoms with Crippen LogP contribution in [-0.2, 0) is 6.42 Å². The molecule has 0 aromatic heterocycles. The van der Waals surface area contributed by atoms with Crippen LogP contribution in [0.3, 0.4) is 0 Å². The molecule has 1 aromatic rings. The molecule has 0 atom stereocenters. The molecule has 0 bridgehead atoms. The third-order valence-corrected chi connectivity index (χ3v) is 3.35. The van der Waals surface area contributed by atoms with E-state index in [2.05, 4.69) is 15.9 Å². The quantitative estimate of drug-likeness (QED) is 0.530. The molecule has 0 fully saturated rings. The highest BCUT2D eigenvalue weighted by Crippen LogP contribution is 2.38. The summed E-state index contributed by atoms with van der Waals surface area (Å²) in [6.45, 7) is 2.25. The highest BCUT2D eigenvalue weighted by molar-refractivity contribution is 9.09. The number of rotatable bonds is 6. The van der Waals surface area contributed by atoms with Crippen LogP contribution in [0.5, 0.6) is 5.75 Å². The first-order chi connectivity index (χ1) is 8.44. The van der Waals surface area contributed by atoms with E-state index >= 15 is 0 Å². The zero-order chi connectivity index (χ0) is 13.6. The van der Waals surface area contributed by atoms with E-state index in [1.165, 1.54) is 6.07 Å². The number of hydrogen-bond donors (Lipinski definition) is 0. The first kappa shape index (κ1) is 15.7. The highest BCUT2D eigenvalue weighted by atomic mass is 79.9. The van der Waals surface area contributed by atoms with Gasteiger partial charge < -0.3 is 4.74 Å². The van der Waals surface area contributed by atoms with Crippen LogP contribution in [0, 0.1) is 0 Å². The molecule has 1 rings (SSSR count). The van der Waals surface area contributed by atoms with Gasteiger partial charge in [0.1, 0.15) is 5.75 Å². The van der Waals surface area contributed by atoms with Crippen molar-refractivity contribution in [3.63, 3.8) is 0 Å². The van der Waals surface area contributed by atoms with Gasteiger partial charge in [-0.05, 0) is 55.3 Å². The molecule has 0 unspecified atom stereocenters. The average Bonchev–Trinajstić information content (AvgIpc) is 2.24. The van der Waals surface area contributed by atoms with Gasteiger partial charge >= 0.3 is 5.51 Å². The fourth-order valence-electron chi connectivity index (χ4n) is 1.49. The summed E-state index contributed by atoms with van der Waals surface area (Å²) in [7, 11) is 0. The summed E-state index contributed by atoms with van der Waals surface area (Å²) in [6.07, 6.45) is 1.61. The van der Waals surface area contributed by atoms with Gasteiger partial charge in [-0.2, -0.15) is 13.2 Å². The van der Waals surface area contributed by atoms with Crippen LogP contribution in [0.25, 0.3) is 0 Å². The third kappa shape index (κ3) is 6.00. The van der Waals surface area contributed by atoms with Crippen molar-refractivity contribution < 1.29 is 17.9 Å². The average molecular weight is 343 g/mol. The monoisotopic (exact) mass is 342 g/mol. The summed E-state index contributed by atoms with van der Waals surface area (Å²) >= 11 is 3.20. The standard InChI is InChI=1S/C12H14BrF3OS/c1-2-17-10-6-9(4-3-5-13)7-11(8-10)18-12(14,15)16/h6-8H,2-5H2,1H3. The largest absolute Gasteiger partial charge is 0.494 e. The number of ether oxygens (including phenoxy) is 1. The molecule has 0 amide bonds. The van der Waals surface area contributed by atoms with E-state index in [1.54, 1.807) is 12.1 Å². The Balaban J connectivity index is 2.90. The molecule has 0 aliphatic carbocycles. The fraction of sp³-hybridized carbons (Fsp3) is 0.500. The Bertz CT molecular complexity index is 382. The minimum absolute atomic E-state index is 0.103. The van der Waals surface area contributed by atoms with E-state index in [0.717, 1.165) is 23.7 Å². The Morgan fingerprint density at radius 1 is 1.28 bits per heavy atom. The molecule has 6 heteroatoms. The Hall–Kier alpha value is -0.360. The normalized spacial score (nSPS) is 11.6. The zero-order valence-electron chi connectivity index (χ0n) is 9.89. The molecule has 18 heavy (non-hydrogen) atoms. The van der Waals surface area contributed by atoms with Gasteiger partial charge in [-0.3, -0.25) is 0 Å². The summed E-state index contributed by atoms with van der Waals surface area (Å²) in [5, 5.41) is 0.827. The molecule has 0 radical (unpaired) electrons. The number of hydrogen-bond acceptors (Lipinski definition) is 2. The maximum Gasteiger partial charge on any atom is 0.446 e. The van der Waals surface area contributed by atoms with Crippen molar-refractivity contribution in [1.29, 1.82) is 0 Å². The Morgan fingerprint density at radius 3 is 2.56 bits per heavy atom. The third-order valence-electron chi connectivity index (χ3n) is 2.08. The lowest BCUT2D eigenvalue weighted by Crippen LogP contribution is -2.00. The van der Waals surface area contributed by atoms with Crippen molar-refractivity contribution in [2.45, 2.75) is 30.2 Å². The highest BCUT2D eigenvalue weighted by Gasteiger charge is 2.29. The van der Waals surface area contributed by atoms with Crippen LogP contribution >= 0.6 is 27.7 Å². The maximum absolute atomic E-state index is 12.4. The van der Waals surface area contributed by atoms with Crippen LogP contribution in [0.15, 0.2) is 23.1 Å². The number of benzene rings is 1. The summed E-state index contributed by atoms with van der Waals surface area (Å²) in [6, 6.07) is 4.80. The smallest absolute Gasteiger partial charge is 0.446 e. The van der Waals surface area contributed by atoms with E-state index in [1.807, 2.05) is 6.92 Å². The van der Waals surface area contributed by atoms with Crippen molar-refractivity contribution >= 4 is 27.7 Å². The van der Waals surface area contributed by atoms with Gasteiger partial charge in [0.2, 0.25) is 0 Å². The number of aryl methyl sites for hydroxylation is 1. The molecule has 1 aromatic carbocycles. The van der Waals surface area contributed by atoms with Crippen LogP contribution in [0.2, 0.25) is 0 Å². The Morgan fingerprint density at radius 2 is 2.00 bits per heavy atom. The SMILES string of the molecule is CCOc1cc(CCCBr)cc(SC(F)(F)F)c1. The zero-order valence-corrected chi connectivity index (χ0v) is 12.3. The summed E-state index contributed by atoms with van der Waals surface area (Å²) in [4.78, 5) is 0.179. The van der Waals surface area contributed by atoms with Gasteiger partial charge in [0, 0.05) is 10.2 Å². The van der Waals surface area contributed by atoms with E-state index < -0.39 is 5.51 Å². The molecule has 0 N–H and O–H groups in total. The van der Waals surface area contributed by atoms with E-state index in [4.69, 9.17) is 4.74 Å².